The fourth-order valence-corrected chi connectivity index (χ4v) is 4.28. The third kappa shape index (κ3) is 2.81. The number of ketones is 1. The molecule has 2 aromatic rings. The molecular formula is C20H13F3N2O4S. The van der Waals surface area contributed by atoms with Gasteiger partial charge in [0.05, 0.1) is 17.3 Å². The zero-order chi connectivity index (χ0) is 22.1. The summed E-state index contributed by atoms with van der Waals surface area (Å²) in [6, 6.07) is 9.21. The lowest BCUT2D eigenvalue weighted by Crippen LogP contribution is -2.32. The molecule has 4 rings (SSSR count). The fraction of sp³-hybridized carbons (Fsp3) is 0.250. The topological polar surface area (TPSA) is 97.1 Å². The number of rotatable bonds is 2. The van der Waals surface area contributed by atoms with E-state index < -0.39 is 26.9 Å². The predicted molar refractivity (Wildman–Crippen MR) is 99.0 cm³/mol. The Morgan fingerprint density at radius 3 is 2.47 bits per heavy atom. The summed E-state index contributed by atoms with van der Waals surface area (Å²) in [7, 11) is -5.89. The van der Waals surface area contributed by atoms with Crippen LogP contribution in [0.2, 0.25) is 0 Å². The Labute approximate surface area is 169 Å². The third-order valence-corrected chi connectivity index (χ3v) is 6.30. The maximum atomic E-state index is 13.2. The van der Waals surface area contributed by atoms with Crippen LogP contribution >= 0.6 is 0 Å². The Morgan fingerprint density at radius 2 is 1.83 bits per heavy atom. The van der Waals surface area contributed by atoms with Crippen LogP contribution in [-0.2, 0) is 22.0 Å². The minimum atomic E-state index is -5.89. The minimum absolute atomic E-state index is 0.134. The SMILES string of the molecule is CC1(C)C2=C(C(=O)c3ccc(OS(=O)(=O)C(F)(F)F)nc31)c1ccc(C#N)cc1C2. The van der Waals surface area contributed by atoms with Crippen molar-refractivity contribution in [3.05, 3.63) is 63.9 Å². The maximum absolute atomic E-state index is 13.2. The number of nitriles is 1. The molecule has 6 nitrogen and oxygen atoms in total. The highest BCUT2D eigenvalue weighted by molar-refractivity contribution is 7.87. The number of Topliss-reactive ketones (excluding diaryl/α,β-unsaturated/α-hetero) is 1. The molecule has 10 heteroatoms. The summed E-state index contributed by atoms with van der Waals surface area (Å²) in [5.41, 5.74) is -3.07. The van der Waals surface area contributed by atoms with Gasteiger partial charge in [-0.05, 0) is 41.3 Å². The zero-order valence-corrected chi connectivity index (χ0v) is 16.5. The number of pyridine rings is 1. The van der Waals surface area contributed by atoms with E-state index >= 15 is 0 Å². The van der Waals surface area contributed by atoms with E-state index in [2.05, 4.69) is 9.17 Å². The van der Waals surface area contributed by atoms with Crippen LogP contribution in [0.15, 0.2) is 35.9 Å². The van der Waals surface area contributed by atoms with Gasteiger partial charge in [-0.3, -0.25) is 4.79 Å². The van der Waals surface area contributed by atoms with Crippen LogP contribution in [0.1, 0.15) is 46.6 Å². The first-order chi connectivity index (χ1) is 13.9. The van der Waals surface area contributed by atoms with Crippen molar-refractivity contribution in [3.63, 3.8) is 0 Å². The number of nitrogens with zero attached hydrogens (tertiary/aromatic N) is 2. The van der Waals surface area contributed by atoms with E-state index in [-0.39, 0.29) is 17.0 Å². The molecule has 0 radical (unpaired) electrons. The number of benzene rings is 1. The monoisotopic (exact) mass is 434 g/mol. The van der Waals surface area contributed by atoms with Gasteiger partial charge in [0, 0.05) is 22.6 Å². The predicted octanol–water partition coefficient (Wildman–Crippen LogP) is 3.67. The molecule has 0 amide bonds. The molecule has 0 unspecified atom stereocenters. The van der Waals surface area contributed by atoms with E-state index in [9.17, 15) is 26.4 Å². The van der Waals surface area contributed by atoms with Crippen LogP contribution < -0.4 is 4.18 Å². The lowest BCUT2D eigenvalue weighted by molar-refractivity contribution is -0.0501. The highest BCUT2D eigenvalue weighted by Crippen LogP contribution is 2.49. The summed E-state index contributed by atoms with van der Waals surface area (Å²) in [5, 5.41) is 9.12. The molecule has 2 aliphatic carbocycles. The van der Waals surface area contributed by atoms with Crippen LogP contribution in [0, 0.1) is 11.3 Å². The van der Waals surface area contributed by atoms with E-state index in [0.717, 1.165) is 11.6 Å². The molecule has 30 heavy (non-hydrogen) atoms. The molecule has 0 atom stereocenters. The van der Waals surface area contributed by atoms with Crippen LogP contribution in [0.3, 0.4) is 0 Å². The van der Waals surface area contributed by atoms with Crippen molar-refractivity contribution in [3.8, 4) is 11.9 Å². The third-order valence-electron chi connectivity index (χ3n) is 5.34. The highest BCUT2D eigenvalue weighted by Gasteiger charge is 2.49. The smallest absolute Gasteiger partial charge is 0.355 e. The van der Waals surface area contributed by atoms with Crippen LogP contribution in [0.4, 0.5) is 13.2 Å². The number of carbonyl (C=O) groups excluding carboxylic acids is 1. The number of halogens is 3. The average Bonchev–Trinajstić information content (AvgIpc) is 3.05. The number of aromatic nitrogens is 1. The summed E-state index contributed by atoms with van der Waals surface area (Å²) in [6.07, 6.45) is 0.367. The zero-order valence-electron chi connectivity index (χ0n) is 15.7. The first-order valence-electron chi connectivity index (χ1n) is 8.71. The summed E-state index contributed by atoms with van der Waals surface area (Å²) in [4.78, 5) is 17.1. The number of hydrogen-bond donors (Lipinski definition) is 0. The Bertz CT molecular complexity index is 1300. The number of carbonyl (C=O) groups is 1. The van der Waals surface area contributed by atoms with Crippen molar-refractivity contribution in [2.75, 3.05) is 0 Å². The Hall–Kier alpha value is -3.19. The highest BCUT2D eigenvalue weighted by atomic mass is 32.2. The second-order valence-corrected chi connectivity index (χ2v) is 9.03. The van der Waals surface area contributed by atoms with E-state index in [1.807, 2.05) is 6.07 Å². The van der Waals surface area contributed by atoms with Crippen LogP contribution in [-0.4, -0.2) is 24.7 Å². The van der Waals surface area contributed by atoms with Gasteiger partial charge in [-0.2, -0.15) is 26.9 Å². The largest absolute Gasteiger partial charge is 0.534 e. The molecular weight excluding hydrogens is 421 g/mol. The normalized spacial score (nSPS) is 17.1. The average molecular weight is 434 g/mol. The standard InChI is InChI=1S/C20H13F3N2O4S/c1-19(2)14-8-11-7-10(9-24)3-4-12(11)16(14)17(26)13-5-6-15(25-18(13)19)29-30(27,28)20(21,22)23/h3-7H,8H2,1-2H3. The number of alkyl halides is 3. The first-order valence-corrected chi connectivity index (χ1v) is 10.1. The summed E-state index contributed by atoms with van der Waals surface area (Å²) in [6.45, 7) is 3.50. The first kappa shape index (κ1) is 20.1. The molecule has 0 spiro atoms. The molecule has 154 valence electrons. The van der Waals surface area contributed by atoms with Gasteiger partial charge in [0.1, 0.15) is 0 Å². The van der Waals surface area contributed by atoms with Crippen molar-refractivity contribution >= 4 is 21.5 Å². The van der Waals surface area contributed by atoms with E-state index in [0.29, 0.717) is 28.7 Å². The lowest BCUT2D eigenvalue weighted by Gasteiger charge is -2.33. The Kier molecular flexibility index (Phi) is 4.12. The second kappa shape index (κ2) is 6.15. The molecule has 0 aliphatic heterocycles. The minimum Gasteiger partial charge on any atom is -0.355 e. The van der Waals surface area contributed by atoms with E-state index in [1.165, 1.54) is 6.07 Å². The van der Waals surface area contributed by atoms with Crippen molar-refractivity contribution in [2.24, 2.45) is 0 Å². The van der Waals surface area contributed by atoms with E-state index in [1.54, 1.807) is 32.0 Å². The van der Waals surface area contributed by atoms with E-state index in [4.69, 9.17) is 5.26 Å². The molecule has 1 aromatic heterocycles. The summed E-state index contributed by atoms with van der Waals surface area (Å²) in [5.74, 6) is -1.13. The fourth-order valence-electron chi connectivity index (χ4n) is 3.87. The summed E-state index contributed by atoms with van der Waals surface area (Å²) >= 11 is 0. The molecule has 2 aliphatic rings. The molecule has 0 N–H and O–H groups in total. The Balaban J connectivity index is 1.81. The van der Waals surface area contributed by atoms with Gasteiger partial charge in [-0.25, -0.2) is 4.98 Å². The quantitative estimate of drug-likeness (QED) is 0.529. The van der Waals surface area contributed by atoms with Crippen LogP contribution in [0.25, 0.3) is 5.57 Å². The molecule has 0 saturated heterocycles. The molecule has 0 bridgehead atoms. The van der Waals surface area contributed by atoms with Crippen molar-refractivity contribution < 1.29 is 30.6 Å². The molecule has 1 heterocycles. The van der Waals surface area contributed by atoms with Gasteiger partial charge >= 0.3 is 15.6 Å². The van der Waals surface area contributed by atoms with Crippen molar-refractivity contribution in [2.45, 2.75) is 31.2 Å². The molecule has 0 saturated carbocycles. The van der Waals surface area contributed by atoms with Gasteiger partial charge in [0.2, 0.25) is 5.88 Å². The number of hydrogen-bond acceptors (Lipinski definition) is 6. The van der Waals surface area contributed by atoms with Crippen molar-refractivity contribution in [1.82, 2.24) is 4.98 Å². The second-order valence-electron chi connectivity index (χ2n) is 7.50. The number of allylic oxidation sites excluding steroid dienone is 2. The van der Waals surface area contributed by atoms with Crippen molar-refractivity contribution in [1.29, 1.82) is 5.26 Å². The lowest BCUT2D eigenvalue weighted by atomic mass is 9.71. The Morgan fingerprint density at radius 1 is 1.17 bits per heavy atom. The van der Waals surface area contributed by atoms with Gasteiger partial charge in [0.15, 0.2) is 5.78 Å². The summed E-state index contributed by atoms with van der Waals surface area (Å²) < 4.78 is 64.7. The van der Waals surface area contributed by atoms with Gasteiger partial charge in [-0.1, -0.05) is 19.9 Å². The van der Waals surface area contributed by atoms with Gasteiger partial charge < -0.3 is 4.18 Å². The van der Waals surface area contributed by atoms with Gasteiger partial charge in [-0.15, -0.1) is 0 Å². The maximum Gasteiger partial charge on any atom is 0.534 e. The van der Waals surface area contributed by atoms with Gasteiger partial charge in [0.25, 0.3) is 0 Å². The molecule has 1 aromatic carbocycles. The molecule has 0 fully saturated rings. The number of fused-ring (bicyclic) bond motifs is 3. The van der Waals surface area contributed by atoms with Crippen LogP contribution in [0.5, 0.6) is 5.88 Å².